The molecule has 0 N–H and O–H groups in total. The summed E-state index contributed by atoms with van der Waals surface area (Å²) in [4.78, 5) is 5.47. The first-order chi connectivity index (χ1) is 32.4. The molecule has 0 spiro atoms. The van der Waals surface area contributed by atoms with E-state index in [4.69, 9.17) is 10.3 Å². The molecule has 0 saturated heterocycles. The summed E-state index contributed by atoms with van der Waals surface area (Å²) in [5.74, 6) is 1.06. The van der Waals surface area contributed by atoms with E-state index in [0.717, 1.165) is 57.9 Å². The number of aromatic nitrogens is 2. The summed E-state index contributed by atoms with van der Waals surface area (Å²) in [6.07, 6.45) is 4.84. The zero-order valence-electron chi connectivity index (χ0n) is 43.1. The van der Waals surface area contributed by atoms with Crippen molar-refractivity contribution in [2.45, 2.75) is 112 Å². The fourth-order valence-electron chi connectivity index (χ4n) is 8.56. The van der Waals surface area contributed by atoms with Gasteiger partial charge in [-0.2, -0.15) is 73.9 Å². The Morgan fingerprint density at radius 1 is 0.522 bits per heavy atom. The molecule has 3 nitrogen and oxygen atoms in total. The first-order valence-corrected chi connectivity index (χ1v) is 24.4. The molecule has 69 heavy (non-hydrogen) atoms. The average Bonchev–Trinajstić information content (AvgIpc) is 3.66. The van der Waals surface area contributed by atoms with Crippen LogP contribution in [0.4, 0.5) is 11.4 Å². The average molecular weight is 1070 g/mol. The zero-order valence-corrected chi connectivity index (χ0v) is 46.7. The molecule has 0 saturated carbocycles. The minimum atomic E-state index is 0. The van der Waals surface area contributed by atoms with Crippen LogP contribution in [0.15, 0.2) is 164 Å². The Hall–Kier alpha value is -5.97. The Balaban J connectivity index is 0.000000329. The Labute approximate surface area is 434 Å². The van der Waals surface area contributed by atoms with Crippen LogP contribution in [-0.2, 0) is 43.2 Å². The summed E-state index contributed by atoms with van der Waals surface area (Å²) >= 11 is 0. The van der Waals surface area contributed by atoms with Gasteiger partial charge in [-0.05, 0) is 94.0 Å². The van der Waals surface area contributed by atoms with Crippen LogP contribution in [0.3, 0.4) is 0 Å². The first-order valence-electron chi connectivity index (χ1n) is 24.4. The number of nitrogens with zero attached hydrogens (tertiary/aromatic N) is 3. The molecule has 8 aromatic carbocycles. The van der Waals surface area contributed by atoms with Gasteiger partial charge in [-0.3, -0.25) is 0 Å². The van der Waals surface area contributed by atoms with E-state index in [1.807, 2.05) is 91.0 Å². The number of unbranched alkanes of at least 4 members (excludes halogenated alkanes) is 3. The topological polar surface area (TPSA) is 31.9 Å². The first kappa shape index (κ1) is 54.0. The molecule has 0 aliphatic heterocycles. The van der Waals surface area contributed by atoms with Crippen molar-refractivity contribution < 1.29 is 25.8 Å². The summed E-state index contributed by atoms with van der Waals surface area (Å²) in [6, 6.07) is 56.9. The Morgan fingerprint density at radius 3 is 1.39 bits per heavy atom. The molecule has 9 aromatic rings. The molecule has 0 amide bonds. The molecule has 0 bridgehead atoms. The molecule has 1 heterocycles. The van der Waals surface area contributed by atoms with Crippen molar-refractivity contribution in [1.82, 2.24) is 9.55 Å². The third kappa shape index (κ3) is 14.5. The van der Waals surface area contributed by atoms with E-state index >= 15 is 0 Å². The van der Waals surface area contributed by atoms with Gasteiger partial charge in [0.05, 0.1) is 11.0 Å². The van der Waals surface area contributed by atoms with Crippen molar-refractivity contribution in [2.75, 3.05) is 0 Å². The third-order valence-corrected chi connectivity index (χ3v) is 12.3. The summed E-state index contributed by atoms with van der Waals surface area (Å²) in [7, 11) is 0. The van der Waals surface area contributed by atoms with Crippen LogP contribution in [0.25, 0.3) is 49.3 Å². The zero-order chi connectivity index (χ0) is 49.0. The number of hydrogen-bond acceptors (Lipinski definition) is 1. The molecule has 0 fully saturated rings. The second-order valence-corrected chi connectivity index (χ2v) is 20.2. The molecule has 9 rings (SSSR count). The smallest absolute Gasteiger partial charge is 0.655 e. The fourth-order valence-corrected chi connectivity index (χ4v) is 8.56. The third-order valence-electron chi connectivity index (χ3n) is 12.3. The summed E-state index contributed by atoms with van der Waals surface area (Å²) in [6.45, 7) is 34.7. The van der Waals surface area contributed by atoms with Crippen molar-refractivity contribution in [3.63, 3.8) is 0 Å². The van der Waals surface area contributed by atoms with Crippen LogP contribution in [0, 0.1) is 41.5 Å². The maximum Gasteiger partial charge on any atom is 4.00 e. The minimum Gasteiger partial charge on any atom is -0.655 e. The van der Waals surface area contributed by atoms with Gasteiger partial charge in [-0.1, -0.05) is 152 Å². The van der Waals surface area contributed by atoms with Crippen LogP contribution in [0.2, 0.25) is 0 Å². The number of aryl methyl sites for hydroxylation is 4. The van der Waals surface area contributed by atoms with Crippen LogP contribution in [0.5, 0.6) is 0 Å². The number of benzene rings is 8. The second-order valence-electron chi connectivity index (χ2n) is 20.2. The monoisotopic (exact) mass is 1080 g/mol. The van der Waals surface area contributed by atoms with Gasteiger partial charge < -0.3 is 9.88 Å². The molecule has 0 radical (unpaired) electrons. The largest absolute Gasteiger partial charge is 4.00 e. The van der Waals surface area contributed by atoms with Crippen molar-refractivity contribution in [3.05, 3.63) is 234 Å². The molecule has 4 heteroatoms. The summed E-state index contributed by atoms with van der Waals surface area (Å²) in [5.41, 5.74) is 15.1. The predicted octanol–water partition coefficient (Wildman–Crippen LogP) is 19.1. The van der Waals surface area contributed by atoms with E-state index < -0.39 is 0 Å². The molecule has 0 atom stereocenters. The van der Waals surface area contributed by atoms with Crippen LogP contribution in [0.1, 0.15) is 119 Å². The second kappa shape index (κ2) is 24.5. The summed E-state index contributed by atoms with van der Waals surface area (Å²) < 4.78 is 2.46. The maximum atomic E-state index is 5.61. The number of hydrogen-bond donors (Lipinski definition) is 0. The predicted molar refractivity (Wildman–Crippen MR) is 298 cm³/mol. The number of para-hydroxylation sites is 1. The molecular formula is C65H73HfN3. The van der Waals surface area contributed by atoms with Gasteiger partial charge in [-0.15, -0.1) is 47.8 Å². The van der Waals surface area contributed by atoms with Crippen molar-refractivity contribution >= 4 is 44.0 Å². The normalized spacial score (nSPS) is 11.1. The molecule has 0 aliphatic carbocycles. The van der Waals surface area contributed by atoms with Crippen molar-refractivity contribution in [1.29, 1.82) is 0 Å². The summed E-state index contributed by atoms with van der Waals surface area (Å²) in [5, 5.41) is 10.4. The Bertz CT molecular complexity index is 2840. The van der Waals surface area contributed by atoms with Gasteiger partial charge >= 0.3 is 25.8 Å². The van der Waals surface area contributed by atoms with Gasteiger partial charge in [0.1, 0.15) is 5.82 Å². The van der Waals surface area contributed by atoms with Gasteiger partial charge in [0.25, 0.3) is 0 Å². The molecular weight excluding hydrogens is 1000 g/mol. The SMILES string of the molecule is CCCCCCn1c(-c2c(C)cc(C)cc2C)nc2c([N-]c3c4cc(C(C)(C)C)ccc4cc4ccc(C(C)(C)C)cc34)cccc21.[CH2-]c1ccccc1.[CH2-]c1ccccc1.[CH2-]c1ccccc1.[Hf+4]. The molecule has 1 aromatic heterocycles. The van der Waals surface area contributed by atoms with Crippen molar-refractivity contribution in [2.24, 2.45) is 0 Å². The van der Waals surface area contributed by atoms with E-state index in [1.54, 1.807) is 0 Å². The fraction of sp³-hybridized carbons (Fsp3) is 0.262. The van der Waals surface area contributed by atoms with E-state index in [2.05, 4.69) is 167 Å². The van der Waals surface area contributed by atoms with Gasteiger partial charge in [0.15, 0.2) is 0 Å². The van der Waals surface area contributed by atoms with Crippen LogP contribution in [-0.4, -0.2) is 9.55 Å². The minimum absolute atomic E-state index is 0. The standard InChI is InChI=1S/C44H52N3.3C7H7.Hf/c1-11-12-13-14-22-47-38-17-15-16-37(41(38)46-42(47)39-29(3)23-28(2)24-30(39)4)45-40-35-26-33(43(5,6)7)20-18-31(35)25-32-19-21-34(27-36(32)40)44(8,9)10;3*1-7-5-3-2-4-6-7;/h15-21,23-27H,11-14,22H2,1-10H3;3*2-6H,1H2;/q4*-1;+4. The maximum absolute atomic E-state index is 5.61. The Morgan fingerprint density at radius 2 is 0.986 bits per heavy atom. The van der Waals surface area contributed by atoms with Crippen LogP contribution >= 0.6 is 0 Å². The van der Waals surface area contributed by atoms with Gasteiger partial charge in [0.2, 0.25) is 0 Å². The molecule has 0 unspecified atom stereocenters. The van der Waals surface area contributed by atoms with Crippen LogP contribution < -0.4 is 0 Å². The number of fused-ring (bicyclic) bond motifs is 3. The number of imidazole rings is 1. The molecule has 0 aliphatic rings. The van der Waals surface area contributed by atoms with E-state index in [-0.39, 0.29) is 36.7 Å². The number of rotatable bonds is 8. The van der Waals surface area contributed by atoms with Crippen molar-refractivity contribution in [3.8, 4) is 11.4 Å². The molecule has 352 valence electrons. The van der Waals surface area contributed by atoms with Gasteiger partial charge in [0, 0.05) is 12.1 Å². The van der Waals surface area contributed by atoms with E-state index in [0.29, 0.717) is 0 Å². The quantitative estimate of drug-likeness (QED) is 0.0646. The van der Waals surface area contributed by atoms with E-state index in [9.17, 15) is 0 Å². The Kier molecular flexibility index (Phi) is 19.2. The van der Waals surface area contributed by atoms with Gasteiger partial charge in [-0.25, -0.2) is 4.98 Å². The van der Waals surface area contributed by atoms with E-state index in [1.165, 1.54) is 74.2 Å².